The maximum Gasteiger partial charge on any atom is 0.168 e. The van der Waals surface area contributed by atoms with Gasteiger partial charge in [0.2, 0.25) is 0 Å². The van der Waals surface area contributed by atoms with Gasteiger partial charge in [-0.2, -0.15) is 5.10 Å². The van der Waals surface area contributed by atoms with Crippen LogP contribution in [-0.4, -0.2) is 19.9 Å². The predicted octanol–water partition coefficient (Wildman–Crippen LogP) is 2.54. The van der Waals surface area contributed by atoms with E-state index in [4.69, 9.17) is 16.1 Å². The summed E-state index contributed by atoms with van der Waals surface area (Å²) in [6.45, 7) is 0.536. The fraction of sp³-hybridized carbons (Fsp3) is 0.100. The summed E-state index contributed by atoms with van der Waals surface area (Å²) in [6.07, 6.45) is 3.12. The fourth-order valence-electron chi connectivity index (χ4n) is 1.55. The number of aromatic nitrogens is 4. The Hall–Kier alpha value is -1.59. The summed E-state index contributed by atoms with van der Waals surface area (Å²) < 4.78 is 6.87. The van der Waals surface area contributed by atoms with Crippen LogP contribution in [0.25, 0.3) is 11.0 Å². The minimum absolute atomic E-state index is 0. The van der Waals surface area contributed by atoms with Gasteiger partial charge in [0.1, 0.15) is 18.3 Å². The van der Waals surface area contributed by atoms with Crippen molar-refractivity contribution >= 4 is 35.0 Å². The van der Waals surface area contributed by atoms with Crippen molar-refractivity contribution < 1.29 is 4.52 Å². The summed E-state index contributed by atoms with van der Waals surface area (Å²) in [5, 5.41) is 9.58. The molecule has 0 aliphatic carbocycles. The third-order valence-corrected chi connectivity index (χ3v) is 2.52. The van der Waals surface area contributed by atoms with E-state index in [2.05, 4.69) is 15.2 Å². The lowest BCUT2D eigenvalue weighted by Gasteiger charge is -1.95. The average molecular weight is 271 g/mol. The summed E-state index contributed by atoms with van der Waals surface area (Å²) >= 11 is 5.86. The number of nitrogens with zero attached hydrogens (tertiary/aromatic N) is 4. The molecule has 17 heavy (non-hydrogen) atoms. The van der Waals surface area contributed by atoms with Crippen molar-refractivity contribution in [1.29, 1.82) is 0 Å². The number of rotatable bonds is 2. The molecule has 2 aromatic heterocycles. The van der Waals surface area contributed by atoms with Gasteiger partial charge in [0.15, 0.2) is 5.58 Å². The van der Waals surface area contributed by atoms with E-state index in [1.807, 2.05) is 12.1 Å². The molecule has 0 aliphatic heterocycles. The third kappa shape index (κ3) is 2.25. The van der Waals surface area contributed by atoms with Gasteiger partial charge in [0.25, 0.3) is 0 Å². The smallest absolute Gasteiger partial charge is 0.168 e. The summed E-state index contributed by atoms with van der Waals surface area (Å²) in [5.41, 5.74) is 1.50. The molecule has 0 fully saturated rings. The van der Waals surface area contributed by atoms with Crippen LogP contribution in [-0.2, 0) is 6.54 Å². The van der Waals surface area contributed by atoms with E-state index >= 15 is 0 Å². The van der Waals surface area contributed by atoms with Gasteiger partial charge in [-0.05, 0) is 12.1 Å². The molecule has 0 aliphatic rings. The Bertz CT molecular complexity index is 620. The first kappa shape index (κ1) is 11.9. The van der Waals surface area contributed by atoms with Crippen LogP contribution in [0.1, 0.15) is 5.69 Å². The molecule has 0 atom stereocenters. The molecule has 2 heterocycles. The second-order valence-electron chi connectivity index (χ2n) is 3.36. The number of fused-ring (bicyclic) bond motifs is 1. The first-order chi connectivity index (χ1) is 7.83. The van der Waals surface area contributed by atoms with Crippen molar-refractivity contribution in [2.75, 3.05) is 0 Å². The lowest BCUT2D eigenvalue weighted by molar-refractivity contribution is 0.440. The highest BCUT2D eigenvalue weighted by Crippen LogP contribution is 2.22. The second-order valence-corrected chi connectivity index (χ2v) is 3.80. The SMILES string of the molecule is Cl.Clc1ccc2c(Cn3cncn3)noc2c1. The van der Waals surface area contributed by atoms with Crippen molar-refractivity contribution in [2.24, 2.45) is 0 Å². The lowest BCUT2D eigenvalue weighted by atomic mass is 10.2. The van der Waals surface area contributed by atoms with Gasteiger partial charge < -0.3 is 4.52 Å². The molecule has 3 aromatic rings. The van der Waals surface area contributed by atoms with E-state index in [0.717, 1.165) is 11.1 Å². The Labute approximate surface area is 108 Å². The maximum atomic E-state index is 5.86. The predicted molar refractivity (Wildman–Crippen MR) is 65.4 cm³/mol. The number of halogens is 2. The largest absolute Gasteiger partial charge is 0.356 e. The maximum absolute atomic E-state index is 5.86. The monoisotopic (exact) mass is 270 g/mol. The summed E-state index contributed by atoms with van der Waals surface area (Å²) in [4.78, 5) is 3.87. The third-order valence-electron chi connectivity index (χ3n) is 2.29. The van der Waals surface area contributed by atoms with Crippen LogP contribution in [0.3, 0.4) is 0 Å². The Kier molecular flexibility index (Phi) is 3.31. The molecule has 1 aromatic carbocycles. The van der Waals surface area contributed by atoms with Gasteiger partial charge in [0.05, 0.1) is 6.54 Å². The van der Waals surface area contributed by atoms with E-state index < -0.39 is 0 Å². The number of hydrogen-bond donors (Lipinski definition) is 0. The van der Waals surface area contributed by atoms with Crippen molar-refractivity contribution in [3.05, 3.63) is 41.6 Å². The molecule has 0 saturated heterocycles. The van der Waals surface area contributed by atoms with Gasteiger partial charge in [-0.15, -0.1) is 12.4 Å². The lowest BCUT2D eigenvalue weighted by Crippen LogP contribution is -2.00. The van der Waals surface area contributed by atoms with Gasteiger partial charge in [-0.3, -0.25) is 0 Å². The summed E-state index contributed by atoms with van der Waals surface area (Å²) in [6, 6.07) is 5.45. The Morgan fingerprint density at radius 3 is 3.00 bits per heavy atom. The number of benzene rings is 1. The molecule has 5 nitrogen and oxygen atoms in total. The van der Waals surface area contributed by atoms with Gasteiger partial charge in [-0.25, -0.2) is 9.67 Å². The summed E-state index contributed by atoms with van der Waals surface area (Å²) in [5.74, 6) is 0. The van der Waals surface area contributed by atoms with Crippen molar-refractivity contribution in [2.45, 2.75) is 6.54 Å². The van der Waals surface area contributed by atoms with Gasteiger partial charge in [-0.1, -0.05) is 16.8 Å². The van der Waals surface area contributed by atoms with Crippen molar-refractivity contribution in [1.82, 2.24) is 19.9 Å². The van der Waals surface area contributed by atoms with E-state index in [9.17, 15) is 0 Å². The van der Waals surface area contributed by atoms with Crippen LogP contribution in [0.15, 0.2) is 35.4 Å². The Balaban J connectivity index is 0.00000108. The summed E-state index contributed by atoms with van der Waals surface area (Å²) in [7, 11) is 0. The van der Waals surface area contributed by atoms with Crippen LogP contribution < -0.4 is 0 Å². The molecule has 88 valence electrons. The standard InChI is InChI=1S/C10H7ClN4O.ClH/c11-7-1-2-8-9(14-16-10(8)3-7)4-15-6-12-5-13-15;/h1-3,5-6H,4H2;1H. The Morgan fingerprint density at radius 1 is 1.35 bits per heavy atom. The number of hydrogen-bond acceptors (Lipinski definition) is 4. The van der Waals surface area contributed by atoms with Crippen LogP contribution in [0.5, 0.6) is 0 Å². The molecular formula is C10H8Cl2N4O. The topological polar surface area (TPSA) is 56.7 Å². The molecule has 0 N–H and O–H groups in total. The molecule has 3 rings (SSSR count). The highest BCUT2D eigenvalue weighted by Gasteiger charge is 2.09. The van der Waals surface area contributed by atoms with E-state index in [1.54, 1.807) is 17.1 Å². The van der Waals surface area contributed by atoms with Crippen LogP contribution >= 0.6 is 24.0 Å². The molecule has 0 bridgehead atoms. The van der Waals surface area contributed by atoms with E-state index in [-0.39, 0.29) is 12.4 Å². The zero-order valence-corrected chi connectivity index (χ0v) is 10.1. The van der Waals surface area contributed by atoms with Crippen molar-refractivity contribution in [3.8, 4) is 0 Å². The minimum Gasteiger partial charge on any atom is -0.356 e. The van der Waals surface area contributed by atoms with Crippen LogP contribution in [0, 0.1) is 0 Å². The molecule has 0 amide bonds. The highest BCUT2D eigenvalue weighted by molar-refractivity contribution is 6.31. The van der Waals surface area contributed by atoms with E-state index in [0.29, 0.717) is 17.2 Å². The average Bonchev–Trinajstić information content (AvgIpc) is 2.89. The van der Waals surface area contributed by atoms with Crippen LogP contribution in [0.2, 0.25) is 5.02 Å². The first-order valence-electron chi connectivity index (χ1n) is 4.69. The fourth-order valence-corrected chi connectivity index (χ4v) is 1.71. The Morgan fingerprint density at radius 2 is 2.24 bits per heavy atom. The zero-order valence-electron chi connectivity index (χ0n) is 8.58. The first-order valence-corrected chi connectivity index (χ1v) is 5.07. The highest BCUT2D eigenvalue weighted by atomic mass is 35.5. The normalized spacial score (nSPS) is 10.4. The van der Waals surface area contributed by atoms with E-state index in [1.165, 1.54) is 6.33 Å². The molecule has 0 saturated carbocycles. The molecule has 0 spiro atoms. The zero-order chi connectivity index (χ0) is 11.0. The minimum atomic E-state index is 0. The molecule has 7 heteroatoms. The molecular weight excluding hydrogens is 263 g/mol. The van der Waals surface area contributed by atoms with Gasteiger partial charge >= 0.3 is 0 Å². The van der Waals surface area contributed by atoms with Crippen molar-refractivity contribution in [3.63, 3.8) is 0 Å². The van der Waals surface area contributed by atoms with Crippen LogP contribution in [0.4, 0.5) is 0 Å². The van der Waals surface area contributed by atoms with Gasteiger partial charge in [0, 0.05) is 16.5 Å². The quantitative estimate of drug-likeness (QED) is 0.718. The molecule has 0 unspecified atom stereocenters. The second kappa shape index (κ2) is 4.73. The molecule has 0 radical (unpaired) electrons.